The Morgan fingerprint density at radius 3 is 2.67 bits per heavy atom. The lowest BCUT2D eigenvalue weighted by Gasteiger charge is -2.16. The summed E-state index contributed by atoms with van der Waals surface area (Å²) >= 11 is 0. The third-order valence-electron chi connectivity index (χ3n) is 2.35. The van der Waals surface area contributed by atoms with Gasteiger partial charge in [-0.1, -0.05) is 6.07 Å². The minimum Gasteiger partial charge on any atom is -0.504 e. The fourth-order valence-electron chi connectivity index (χ4n) is 1.57. The van der Waals surface area contributed by atoms with Crippen LogP contribution >= 0.6 is 0 Å². The van der Waals surface area contributed by atoms with E-state index in [-0.39, 0.29) is 5.75 Å². The number of benzene rings is 1. The van der Waals surface area contributed by atoms with Gasteiger partial charge in [0.15, 0.2) is 11.5 Å². The highest BCUT2D eigenvalue weighted by Crippen LogP contribution is 2.35. The molecule has 0 aliphatic carbocycles. The van der Waals surface area contributed by atoms with Crippen LogP contribution in [-0.4, -0.2) is 30.9 Å². The average Bonchev–Trinajstić information content (AvgIpc) is 2.18. The maximum atomic E-state index is 9.85. The van der Waals surface area contributed by atoms with E-state index < -0.39 is 6.10 Å². The summed E-state index contributed by atoms with van der Waals surface area (Å²) in [7, 11) is 3.23. The lowest BCUT2D eigenvalue weighted by molar-refractivity contribution is 0.172. The van der Waals surface area contributed by atoms with Crippen molar-refractivity contribution in [2.45, 2.75) is 13.0 Å². The van der Waals surface area contributed by atoms with Gasteiger partial charge in [-0.2, -0.15) is 0 Å². The molecule has 4 heteroatoms. The van der Waals surface area contributed by atoms with Gasteiger partial charge in [-0.3, -0.25) is 0 Å². The minimum absolute atomic E-state index is 0.0141. The SMILES string of the molecule is CNCC(O)c1c(C)ccc(OC)c1O. The number of aliphatic hydroxyl groups is 1. The molecule has 0 fully saturated rings. The number of hydrogen-bond acceptors (Lipinski definition) is 4. The normalized spacial score (nSPS) is 12.5. The highest BCUT2D eigenvalue weighted by atomic mass is 16.5. The molecule has 1 rings (SSSR count). The van der Waals surface area contributed by atoms with Gasteiger partial charge in [0.25, 0.3) is 0 Å². The van der Waals surface area contributed by atoms with Gasteiger partial charge < -0.3 is 20.3 Å². The third-order valence-corrected chi connectivity index (χ3v) is 2.35. The molecule has 0 aliphatic heterocycles. The summed E-state index contributed by atoms with van der Waals surface area (Å²) in [6.45, 7) is 2.23. The molecular weight excluding hydrogens is 194 g/mol. The summed E-state index contributed by atoms with van der Waals surface area (Å²) in [4.78, 5) is 0. The number of phenols is 1. The van der Waals surface area contributed by atoms with Gasteiger partial charge in [0.1, 0.15) is 0 Å². The minimum atomic E-state index is -0.731. The predicted octanol–water partition coefficient (Wildman–Crippen LogP) is 0.962. The number of hydrogen-bond donors (Lipinski definition) is 3. The molecule has 0 saturated heterocycles. The molecule has 15 heavy (non-hydrogen) atoms. The van der Waals surface area contributed by atoms with Crippen LogP contribution in [0.15, 0.2) is 12.1 Å². The van der Waals surface area contributed by atoms with Crippen molar-refractivity contribution in [1.29, 1.82) is 0 Å². The Morgan fingerprint density at radius 2 is 2.13 bits per heavy atom. The van der Waals surface area contributed by atoms with Crippen LogP contribution in [-0.2, 0) is 0 Å². The maximum Gasteiger partial charge on any atom is 0.163 e. The van der Waals surface area contributed by atoms with Crippen LogP contribution in [0.25, 0.3) is 0 Å². The number of aryl methyl sites for hydroxylation is 1. The molecule has 0 heterocycles. The Bertz CT molecular complexity index is 339. The van der Waals surface area contributed by atoms with E-state index in [1.165, 1.54) is 7.11 Å². The fourth-order valence-corrected chi connectivity index (χ4v) is 1.57. The van der Waals surface area contributed by atoms with Crippen LogP contribution in [0.1, 0.15) is 17.2 Å². The van der Waals surface area contributed by atoms with Crippen LogP contribution in [0.4, 0.5) is 0 Å². The van der Waals surface area contributed by atoms with E-state index in [0.29, 0.717) is 17.9 Å². The van der Waals surface area contributed by atoms with E-state index in [9.17, 15) is 10.2 Å². The van der Waals surface area contributed by atoms with Crippen molar-refractivity contribution in [3.05, 3.63) is 23.3 Å². The first-order chi connectivity index (χ1) is 7.11. The number of ether oxygens (including phenoxy) is 1. The number of aromatic hydroxyl groups is 1. The molecule has 1 atom stereocenters. The van der Waals surface area contributed by atoms with Gasteiger partial charge in [0.2, 0.25) is 0 Å². The Kier molecular flexibility index (Phi) is 3.94. The quantitative estimate of drug-likeness (QED) is 0.694. The first kappa shape index (κ1) is 11.8. The van der Waals surface area contributed by atoms with Gasteiger partial charge in [-0.05, 0) is 25.6 Å². The largest absolute Gasteiger partial charge is 0.504 e. The molecule has 4 nitrogen and oxygen atoms in total. The molecule has 0 spiro atoms. The summed E-state index contributed by atoms with van der Waals surface area (Å²) in [5.74, 6) is 0.394. The lowest BCUT2D eigenvalue weighted by Crippen LogP contribution is -2.17. The maximum absolute atomic E-state index is 9.85. The molecule has 0 amide bonds. The smallest absolute Gasteiger partial charge is 0.163 e. The van der Waals surface area contributed by atoms with Crippen molar-refractivity contribution >= 4 is 0 Å². The first-order valence-electron chi connectivity index (χ1n) is 4.81. The van der Waals surface area contributed by atoms with E-state index in [2.05, 4.69) is 5.32 Å². The topological polar surface area (TPSA) is 61.7 Å². The van der Waals surface area contributed by atoms with Crippen molar-refractivity contribution in [2.75, 3.05) is 20.7 Å². The number of phenolic OH excluding ortho intramolecular Hbond substituents is 1. The van der Waals surface area contributed by atoms with Crippen LogP contribution in [0.5, 0.6) is 11.5 Å². The summed E-state index contributed by atoms with van der Waals surface area (Å²) in [5, 5.41) is 22.5. The molecule has 0 aromatic heterocycles. The molecule has 3 N–H and O–H groups in total. The standard InChI is InChI=1S/C11H17NO3/c1-7-4-5-9(15-3)11(14)10(7)8(13)6-12-2/h4-5,8,12-14H,6H2,1-3H3. The van der Waals surface area contributed by atoms with Crippen LogP contribution in [0.2, 0.25) is 0 Å². The Labute approximate surface area is 89.5 Å². The summed E-state index contributed by atoms with van der Waals surface area (Å²) in [6, 6.07) is 3.49. The zero-order chi connectivity index (χ0) is 11.4. The zero-order valence-electron chi connectivity index (χ0n) is 9.24. The molecule has 84 valence electrons. The van der Waals surface area contributed by atoms with Crippen molar-refractivity contribution in [2.24, 2.45) is 0 Å². The van der Waals surface area contributed by atoms with Gasteiger partial charge in [-0.25, -0.2) is 0 Å². The van der Waals surface area contributed by atoms with Crippen LogP contribution in [0.3, 0.4) is 0 Å². The predicted molar refractivity (Wildman–Crippen MR) is 58.3 cm³/mol. The Hall–Kier alpha value is -1.26. The number of likely N-dealkylation sites (N-methyl/N-ethyl adjacent to an activating group) is 1. The molecule has 0 radical (unpaired) electrons. The summed E-state index contributed by atoms with van der Waals surface area (Å²) in [5.41, 5.74) is 1.36. The molecular formula is C11H17NO3. The third kappa shape index (κ3) is 2.40. The molecule has 0 aliphatic rings. The van der Waals surface area contributed by atoms with Gasteiger partial charge >= 0.3 is 0 Å². The number of aliphatic hydroxyl groups excluding tert-OH is 1. The highest BCUT2D eigenvalue weighted by Gasteiger charge is 2.17. The summed E-state index contributed by atoms with van der Waals surface area (Å²) in [6.07, 6.45) is -0.731. The van der Waals surface area contributed by atoms with Crippen molar-refractivity contribution in [3.63, 3.8) is 0 Å². The van der Waals surface area contributed by atoms with Crippen LogP contribution in [0, 0.1) is 6.92 Å². The second kappa shape index (κ2) is 5.00. The molecule has 0 bridgehead atoms. The zero-order valence-corrected chi connectivity index (χ0v) is 9.24. The molecule has 0 saturated carbocycles. The van der Waals surface area contributed by atoms with Gasteiger partial charge in [0, 0.05) is 12.1 Å². The Balaban J connectivity index is 3.14. The number of methoxy groups -OCH3 is 1. The second-order valence-electron chi connectivity index (χ2n) is 3.42. The van der Waals surface area contributed by atoms with Crippen molar-refractivity contribution in [3.8, 4) is 11.5 Å². The molecule has 1 unspecified atom stereocenters. The van der Waals surface area contributed by atoms with E-state index in [4.69, 9.17) is 4.74 Å². The monoisotopic (exact) mass is 211 g/mol. The second-order valence-corrected chi connectivity index (χ2v) is 3.42. The highest BCUT2D eigenvalue weighted by molar-refractivity contribution is 5.50. The van der Waals surface area contributed by atoms with E-state index >= 15 is 0 Å². The van der Waals surface area contributed by atoms with Gasteiger partial charge in [-0.15, -0.1) is 0 Å². The van der Waals surface area contributed by atoms with E-state index in [1.54, 1.807) is 13.1 Å². The average molecular weight is 211 g/mol. The van der Waals surface area contributed by atoms with Crippen molar-refractivity contribution in [1.82, 2.24) is 5.32 Å². The molecule has 1 aromatic rings. The number of rotatable bonds is 4. The Morgan fingerprint density at radius 1 is 1.47 bits per heavy atom. The first-order valence-corrected chi connectivity index (χ1v) is 4.81. The van der Waals surface area contributed by atoms with E-state index in [1.807, 2.05) is 13.0 Å². The molecule has 1 aromatic carbocycles. The number of nitrogens with one attached hydrogen (secondary N) is 1. The van der Waals surface area contributed by atoms with Crippen molar-refractivity contribution < 1.29 is 14.9 Å². The van der Waals surface area contributed by atoms with E-state index in [0.717, 1.165) is 5.56 Å². The fraction of sp³-hybridized carbons (Fsp3) is 0.455. The lowest BCUT2D eigenvalue weighted by atomic mass is 10.0. The summed E-state index contributed by atoms with van der Waals surface area (Å²) < 4.78 is 4.99. The van der Waals surface area contributed by atoms with Crippen LogP contribution < -0.4 is 10.1 Å². The van der Waals surface area contributed by atoms with Gasteiger partial charge in [0.05, 0.1) is 13.2 Å².